The maximum absolute atomic E-state index is 5.31. The van der Waals surface area contributed by atoms with Crippen LogP contribution in [0.4, 0.5) is 0 Å². The summed E-state index contributed by atoms with van der Waals surface area (Å²) in [5, 5.41) is 4.08. The Morgan fingerprint density at radius 1 is 1.40 bits per heavy atom. The van der Waals surface area contributed by atoms with Gasteiger partial charge in [0, 0.05) is 0 Å². The molecule has 2 unspecified atom stereocenters. The van der Waals surface area contributed by atoms with Gasteiger partial charge in [0.25, 0.3) is 0 Å². The molecule has 1 fully saturated rings. The highest BCUT2D eigenvalue weighted by atomic mass is 35.5. The first-order valence-corrected chi connectivity index (χ1v) is 4.45. The van der Waals surface area contributed by atoms with Gasteiger partial charge in [-0.1, -0.05) is 23.7 Å². The molecule has 1 aromatic rings. The Morgan fingerprint density at radius 3 is 1.90 bits per heavy atom. The minimum absolute atomic E-state index is 0.0231. The monoisotopic (exact) mass is 176 g/mol. The number of rotatable bonds is 0. The summed E-state index contributed by atoms with van der Waals surface area (Å²) in [6, 6.07) is 4.04. The van der Waals surface area contributed by atoms with Crippen LogP contribution in [-0.2, 0) is 4.74 Å². The Bertz CT molecular complexity index is 141. The van der Waals surface area contributed by atoms with Crippen molar-refractivity contribution >= 4 is 22.9 Å². The van der Waals surface area contributed by atoms with Crippen molar-refractivity contribution in [1.29, 1.82) is 0 Å². The summed E-state index contributed by atoms with van der Waals surface area (Å²) in [5.74, 6) is 0. The molecule has 0 saturated carbocycles. The van der Waals surface area contributed by atoms with E-state index >= 15 is 0 Å². The Hall–Kier alpha value is -0.0500. The van der Waals surface area contributed by atoms with Gasteiger partial charge in [-0.05, 0) is 17.7 Å². The van der Waals surface area contributed by atoms with E-state index in [1.807, 2.05) is 29.8 Å². The second-order valence-corrected chi connectivity index (χ2v) is 3.23. The highest BCUT2D eigenvalue weighted by Gasteiger charge is 2.30. The van der Waals surface area contributed by atoms with Gasteiger partial charge >= 0.3 is 0 Å². The van der Waals surface area contributed by atoms with Crippen molar-refractivity contribution in [2.24, 2.45) is 0 Å². The molecule has 0 aromatic carbocycles. The van der Waals surface area contributed by atoms with Crippen LogP contribution in [0.5, 0.6) is 0 Å². The zero-order chi connectivity index (χ0) is 7.40. The molecular formula is C7H9ClOS. The van der Waals surface area contributed by atoms with Crippen LogP contribution in [0.1, 0.15) is 6.92 Å². The molecule has 56 valence electrons. The van der Waals surface area contributed by atoms with Gasteiger partial charge in [-0.3, -0.25) is 0 Å². The third-order valence-corrected chi connectivity index (χ3v) is 2.15. The molecule has 1 nitrogen and oxygen atoms in total. The Morgan fingerprint density at radius 2 is 1.80 bits per heavy atom. The van der Waals surface area contributed by atoms with Crippen LogP contribution < -0.4 is 0 Å². The second kappa shape index (κ2) is 3.96. The van der Waals surface area contributed by atoms with Crippen LogP contribution in [0.2, 0.25) is 0 Å². The van der Waals surface area contributed by atoms with E-state index in [0.29, 0.717) is 6.10 Å². The van der Waals surface area contributed by atoms with Crippen molar-refractivity contribution in [3.63, 3.8) is 0 Å². The van der Waals surface area contributed by atoms with E-state index in [2.05, 4.69) is 4.74 Å². The van der Waals surface area contributed by atoms with Crippen molar-refractivity contribution in [2.45, 2.75) is 18.6 Å². The fourth-order valence-corrected chi connectivity index (χ4v) is 1.00. The van der Waals surface area contributed by atoms with E-state index in [9.17, 15) is 0 Å². The summed E-state index contributed by atoms with van der Waals surface area (Å²) in [7, 11) is 0. The third kappa shape index (κ3) is 3.20. The summed E-state index contributed by atoms with van der Waals surface area (Å²) in [5.41, 5.74) is 0.0231. The topological polar surface area (TPSA) is 12.5 Å². The zero-order valence-corrected chi connectivity index (χ0v) is 7.23. The molecule has 0 radical (unpaired) electrons. The van der Waals surface area contributed by atoms with Crippen molar-refractivity contribution in [3.8, 4) is 0 Å². The lowest BCUT2D eigenvalue weighted by atomic mass is 10.6. The maximum atomic E-state index is 5.31. The number of epoxide rings is 1. The van der Waals surface area contributed by atoms with Gasteiger partial charge in [0.1, 0.15) is 0 Å². The number of halogens is 1. The fourth-order valence-electron chi connectivity index (χ4n) is 0.387. The van der Waals surface area contributed by atoms with E-state index in [-0.39, 0.29) is 5.56 Å². The van der Waals surface area contributed by atoms with E-state index in [0.717, 1.165) is 0 Å². The molecular weight excluding hydrogens is 168 g/mol. The lowest BCUT2D eigenvalue weighted by molar-refractivity contribution is 0.411. The van der Waals surface area contributed by atoms with E-state index < -0.39 is 0 Å². The van der Waals surface area contributed by atoms with Crippen molar-refractivity contribution in [2.75, 3.05) is 0 Å². The van der Waals surface area contributed by atoms with Gasteiger partial charge < -0.3 is 4.74 Å². The van der Waals surface area contributed by atoms with Crippen LogP contribution >= 0.6 is 22.9 Å². The number of hydrogen-bond acceptors (Lipinski definition) is 2. The van der Waals surface area contributed by atoms with Gasteiger partial charge in [-0.25, -0.2) is 0 Å². The number of alkyl halides is 1. The van der Waals surface area contributed by atoms with Crippen LogP contribution in [0.15, 0.2) is 22.9 Å². The molecule has 1 saturated heterocycles. The van der Waals surface area contributed by atoms with Crippen LogP contribution in [0, 0.1) is 0 Å². The van der Waals surface area contributed by atoms with Gasteiger partial charge in [-0.15, -0.1) is 0 Å². The zero-order valence-electron chi connectivity index (χ0n) is 5.66. The molecule has 0 bridgehead atoms. The molecule has 0 spiro atoms. The molecule has 0 N–H and O–H groups in total. The number of ether oxygens (including phenoxy) is 1. The Kier molecular flexibility index (Phi) is 3.19. The minimum Gasteiger partial charge on any atom is -0.353 e. The summed E-state index contributed by atoms with van der Waals surface area (Å²) in [6.07, 6.45) is 0.316. The third-order valence-electron chi connectivity index (χ3n) is 1.06. The van der Waals surface area contributed by atoms with Gasteiger partial charge in [-0.2, -0.15) is 11.3 Å². The first-order chi connectivity index (χ1) is 4.80. The molecule has 1 aliphatic heterocycles. The lowest BCUT2D eigenvalue weighted by Gasteiger charge is -1.55. The quantitative estimate of drug-likeness (QED) is 0.438. The molecule has 2 atom stereocenters. The largest absolute Gasteiger partial charge is 0.353 e. The highest BCUT2D eigenvalue weighted by Crippen LogP contribution is 2.23. The van der Waals surface area contributed by atoms with Crippen LogP contribution in [0.3, 0.4) is 0 Å². The summed E-state index contributed by atoms with van der Waals surface area (Å²) >= 11 is 7.03. The SMILES string of the molecule is CC1OC1Cl.c1ccsc1. The number of hydrogen-bond donors (Lipinski definition) is 0. The lowest BCUT2D eigenvalue weighted by Crippen LogP contribution is -1.69. The minimum atomic E-state index is 0.0231. The summed E-state index contributed by atoms with van der Waals surface area (Å²) in [4.78, 5) is 0. The molecule has 10 heavy (non-hydrogen) atoms. The molecule has 0 amide bonds. The summed E-state index contributed by atoms with van der Waals surface area (Å²) < 4.78 is 4.68. The van der Waals surface area contributed by atoms with Gasteiger partial charge in [0.05, 0.1) is 6.10 Å². The van der Waals surface area contributed by atoms with Gasteiger partial charge in [0.2, 0.25) is 0 Å². The van der Waals surface area contributed by atoms with Crippen LogP contribution in [-0.4, -0.2) is 11.7 Å². The van der Waals surface area contributed by atoms with Gasteiger partial charge in [0.15, 0.2) is 5.56 Å². The predicted octanol–water partition coefficient (Wildman–Crippen LogP) is 2.72. The standard InChI is InChI=1S/C4H4S.C3H5ClO/c1-2-4-5-3-1;1-2-3(4)5-2/h1-4H;2-3H,1H3. The molecule has 1 aromatic heterocycles. The normalized spacial score (nSPS) is 28.6. The smallest absolute Gasteiger partial charge is 0.157 e. The van der Waals surface area contributed by atoms with Crippen molar-refractivity contribution in [3.05, 3.63) is 22.9 Å². The average Bonchev–Trinajstić information content (AvgIpc) is 2.40. The first kappa shape index (κ1) is 8.05. The molecule has 0 aliphatic carbocycles. The average molecular weight is 177 g/mol. The number of thiophene rings is 1. The first-order valence-electron chi connectivity index (χ1n) is 3.07. The fraction of sp³-hybridized carbons (Fsp3) is 0.429. The molecule has 1 aliphatic rings. The maximum Gasteiger partial charge on any atom is 0.157 e. The molecule has 3 heteroatoms. The van der Waals surface area contributed by atoms with Crippen molar-refractivity contribution < 1.29 is 4.74 Å². The van der Waals surface area contributed by atoms with E-state index in [4.69, 9.17) is 11.6 Å². The Labute approximate surface area is 69.6 Å². The van der Waals surface area contributed by atoms with Crippen molar-refractivity contribution in [1.82, 2.24) is 0 Å². The predicted molar refractivity (Wildman–Crippen MR) is 44.5 cm³/mol. The van der Waals surface area contributed by atoms with E-state index in [1.165, 1.54) is 0 Å². The molecule has 2 rings (SSSR count). The van der Waals surface area contributed by atoms with E-state index in [1.54, 1.807) is 11.3 Å². The molecule has 2 heterocycles. The highest BCUT2D eigenvalue weighted by molar-refractivity contribution is 7.07. The second-order valence-electron chi connectivity index (χ2n) is 1.99. The Balaban J connectivity index is 0.0000001000. The summed E-state index contributed by atoms with van der Waals surface area (Å²) in [6.45, 7) is 1.94. The van der Waals surface area contributed by atoms with Crippen LogP contribution in [0.25, 0.3) is 0 Å².